The summed E-state index contributed by atoms with van der Waals surface area (Å²) in [6, 6.07) is 5.45. The van der Waals surface area contributed by atoms with Crippen molar-refractivity contribution in [3.05, 3.63) is 23.8 Å². The van der Waals surface area contributed by atoms with Crippen LogP contribution in [0, 0.1) is 5.92 Å². The molecular weight excluding hydrogens is 292 g/mol. The number of rotatable bonds is 6. The molecule has 0 unspecified atom stereocenters. The Morgan fingerprint density at radius 3 is 2.48 bits per heavy atom. The zero-order valence-corrected chi connectivity index (χ0v) is 14.7. The molecule has 1 aromatic rings. The summed E-state index contributed by atoms with van der Waals surface area (Å²) in [6.45, 7) is 8.35. The Labute approximate surface area is 139 Å². The fraction of sp³-hybridized carbons (Fsp3) is 0.611. The van der Waals surface area contributed by atoms with Gasteiger partial charge in [-0.2, -0.15) is 0 Å². The number of carbonyl (C=O) groups excluding carboxylic acids is 1. The smallest absolute Gasteiger partial charge is 0.254 e. The van der Waals surface area contributed by atoms with Crippen LogP contribution in [0.25, 0.3) is 0 Å². The summed E-state index contributed by atoms with van der Waals surface area (Å²) in [5, 5.41) is 0. The average molecular weight is 320 g/mol. The molecule has 1 aliphatic rings. The van der Waals surface area contributed by atoms with E-state index in [4.69, 9.17) is 9.47 Å². The van der Waals surface area contributed by atoms with E-state index >= 15 is 0 Å². The highest BCUT2D eigenvalue weighted by Crippen LogP contribution is 2.29. The number of benzene rings is 1. The Bertz CT molecular complexity index is 523. The summed E-state index contributed by atoms with van der Waals surface area (Å²) in [6.07, 6.45) is 0.991. The SMILES string of the molecule is COc1cc(C(=O)N2CCN(C)CC2)ccc1OCCC(C)C. The molecule has 1 aromatic carbocycles. The first-order valence-electron chi connectivity index (χ1n) is 8.30. The number of piperazine rings is 1. The Morgan fingerprint density at radius 1 is 1.17 bits per heavy atom. The third-order valence-corrected chi connectivity index (χ3v) is 4.15. The van der Waals surface area contributed by atoms with Crippen LogP contribution in [0.15, 0.2) is 18.2 Å². The van der Waals surface area contributed by atoms with Crippen LogP contribution in [-0.4, -0.2) is 62.7 Å². The lowest BCUT2D eigenvalue weighted by molar-refractivity contribution is 0.0663. The van der Waals surface area contributed by atoms with E-state index in [0.29, 0.717) is 29.6 Å². The molecule has 0 N–H and O–H groups in total. The van der Waals surface area contributed by atoms with Gasteiger partial charge in [0.1, 0.15) is 0 Å². The van der Waals surface area contributed by atoms with Crippen LogP contribution in [0.1, 0.15) is 30.6 Å². The molecule has 0 aliphatic carbocycles. The molecule has 1 aliphatic heterocycles. The lowest BCUT2D eigenvalue weighted by atomic mass is 10.1. The van der Waals surface area contributed by atoms with Gasteiger partial charge in [0.15, 0.2) is 11.5 Å². The largest absolute Gasteiger partial charge is 0.493 e. The summed E-state index contributed by atoms with van der Waals surface area (Å²) in [4.78, 5) is 16.7. The van der Waals surface area contributed by atoms with Gasteiger partial charge in [0.25, 0.3) is 5.91 Å². The van der Waals surface area contributed by atoms with E-state index in [1.54, 1.807) is 13.2 Å². The van der Waals surface area contributed by atoms with Crippen molar-refractivity contribution in [3.8, 4) is 11.5 Å². The van der Waals surface area contributed by atoms with Gasteiger partial charge in [0, 0.05) is 31.7 Å². The van der Waals surface area contributed by atoms with Crippen molar-refractivity contribution in [2.75, 3.05) is 46.9 Å². The minimum atomic E-state index is 0.0603. The van der Waals surface area contributed by atoms with Crippen LogP contribution < -0.4 is 9.47 Å². The average Bonchev–Trinajstić information content (AvgIpc) is 2.54. The predicted molar refractivity (Wildman–Crippen MR) is 91.3 cm³/mol. The second-order valence-corrected chi connectivity index (χ2v) is 6.49. The maximum absolute atomic E-state index is 12.6. The van der Waals surface area contributed by atoms with Gasteiger partial charge < -0.3 is 19.3 Å². The fourth-order valence-electron chi connectivity index (χ4n) is 2.52. The van der Waals surface area contributed by atoms with Gasteiger partial charge in [-0.05, 0) is 37.6 Å². The van der Waals surface area contributed by atoms with E-state index in [9.17, 15) is 4.79 Å². The highest BCUT2D eigenvalue weighted by molar-refractivity contribution is 5.95. The molecule has 0 atom stereocenters. The molecule has 0 bridgehead atoms. The van der Waals surface area contributed by atoms with Crippen LogP contribution in [0.3, 0.4) is 0 Å². The Morgan fingerprint density at radius 2 is 1.87 bits per heavy atom. The molecule has 0 aromatic heterocycles. The van der Waals surface area contributed by atoms with Crippen LogP contribution in [-0.2, 0) is 0 Å². The molecule has 128 valence electrons. The topological polar surface area (TPSA) is 42.0 Å². The summed E-state index contributed by atoms with van der Waals surface area (Å²) >= 11 is 0. The van der Waals surface area contributed by atoms with E-state index in [1.165, 1.54) is 0 Å². The van der Waals surface area contributed by atoms with Gasteiger partial charge in [-0.25, -0.2) is 0 Å². The van der Waals surface area contributed by atoms with Crippen LogP contribution >= 0.6 is 0 Å². The van der Waals surface area contributed by atoms with Crippen molar-refractivity contribution in [2.24, 2.45) is 5.92 Å². The monoisotopic (exact) mass is 320 g/mol. The Kier molecular flexibility index (Phi) is 6.28. The van der Waals surface area contributed by atoms with Crippen LogP contribution in [0.4, 0.5) is 0 Å². The molecule has 1 amide bonds. The third-order valence-electron chi connectivity index (χ3n) is 4.15. The molecule has 1 fully saturated rings. The zero-order chi connectivity index (χ0) is 16.8. The van der Waals surface area contributed by atoms with Gasteiger partial charge in [0.2, 0.25) is 0 Å². The van der Waals surface area contributed by atoms with Gasteiger partial charge in [0.05, 0.1) is 13.7 Å². The zero-order valence-electron chi connectivity index (χ0n) is 14.7. The fourth-order valence-corrected chi connectivity index (χ4v) is 2.52. The lowest BCUT2D eigenvalue weighted by Gasteiger charge is -2.32. The van der Waals surface area contributed by atoms with Crippen LogP contribution in [0.5, 0.6) is 11.5 Å². The molecule has 0 spiro atoms. The van der Waals surface area contributed by atoms with Gasteiger partial charge >= 0.3 is 0 Å². The van der Waals surface area contributed by atoms with E-state index in [2.05, 4.69) is 25.8 Å². The molecule has 2 rings (SSSR count). The number of methoxy groups -OCH3 is 1. The number of hydrogen-bond acceptors (Lipinski definition) is 4. The number of ether oxygens (including phenoxy) is 2. The summed E-state index contributed by atoms with van der Waals surface area (Å²) in [5.74, 6) is 1.97. The maximum atomic E-state index is 12.6. The van der Waals surface area contributed by atoms with Gasteiger partial charge in [-0.15, -0.1) is 0 Å². The second kappa shape index (κ2) is 8.20. The lowest BCUT2D eigenvalue weighted by Crippen LogP contribution is -2.47. The van der Waals surface area contributed by atoms with Crippen molar-refractivity contribution in [2.45, 2.75) is 20.3 Å². The van der Waals surface area contributed by atoms with E-state index < -0.39 is 0 Å². The molecule has 0 saturated carbocycles. The van der Waals surface area contributed by atoms with Crippen molar-refractivity contribution >= 4 is 5.91 Å². The highest BCUT2D eigenvalue weighted by atomic mass is 16.5. The summed E-state index contributed by atoms with van der Waals surface area (Å²) in [7, 11) is 3.68. The number of hydrogen-bond donors (Lipinski definition) is 0. The van der Waals surface area contributed by atoms with Crippen molar-refractivity contribution in [3.63, 3.8) is 0 Å². The molecule has 1 heterocycles. The number of likely N-dealkylation sites (N-methyl/N-ethyl adjacent to an activating group) is 1. The van der Waals surface area contributed by atoms with E-state index in [-0.39, 0.29) is 5.91 Å². The Balaban J connectivity index is 2.04. The minimum absolute atomic E-state index is 0.0603. The van der Waals surface area contributed by atoms with Gasteiger partial charge in [-0.3, -0.25) is 4.79 Å². The van der Waals surface area contributed by atoms with E-state index in [1.807, 2.05) is 17.0 Å². The third kappa shape index (κ3) is 4.86. The minimum Gasteiger partial charge on any atom is -0.493 e. The predicted octanol–water partition coefficient (Wildman–Crippen LogP) is 2.51. The highest BCUT2D eigenvalue weighted by Gasteiger charge is 2.21. The second-order valence-electron chi connectivity index (χ2n) is 6.49. The maximum Gasteiger partial charge on any atom is 0.254 e. The number of amides is 1. The number of nitrogens with zero attached hydrogens (tertiary/aromatic N) is 2. The molecule has 5 nitrogen and oxygen atoms in total. The van der Waals surface area contributed by atoms with Gasteiger partial charge in [-0.1, -0.05) is 13.8 Å². The molecule has 5 heteroatoms. The first-order valence-corrected chi connectivity index (χ1v) is 8.30. The van der Waals surface area contributed by atoms with Crippen LogP contribution in [0.2, 0.25) is 0 Å². The first-order chi connectivity index (χ1) is 11.0. The van der Waals surface area contributed by atoms with Crippen molar-refractivity contribution in [1.82, 2.24) is 9.80 Å². The molecule has 1 saturated heterocycles. The van der Waals surface area contributed by atoms with E-state index in [0.717, 1.165) is 32.6 Å². The first kappa shape index (κ1) is 17.6. The Hall–Kier alpha value is -1.75. The molecule has 23 heavy (non-hydrogen) atoms. The standard InChI is InChI=1S/C18H28N2O3/c1-14(2)7-12-23-16-6-5-15(13-17(16)22-4)18(21)20-10-8-19(3)9-11-20/h5-6,13-14H,7-12H2,1-4H3. The normalized spacial score (nSPS) is 15.8. The van der Waals surface area contributed by atoms with Crippen molar-refractivity contribution in [1.29, 1.82) is 0 Å². The molecule has 0 radical (unpaired) electrons. The van der Waals surface area contributed by atoms with Crippen molar-refractivity contribution < 1.29 is 14.3 Å². The number of carbonyl (C=O) groups is 1. The summed E-state index contributed by atoms with van der Waals surface area (Å²) in [5.41, 5.74) is 0.655. The molecular formula is C18H28N2O3. The summed E-state index contributed by atoms with van der Waals surface area (Å²) < 4.78 is 11.2. The quantitative estimate of drug-likeness (QED) is 0.808.